The van der Waals surface area contributed by atoms with E-state index >= 15 is 0 Å². The van der Waals surface area contributed by atoms with Crippen molar-refractivity contribution in [3.63, 3.8) is 0 Å². The molecule has 0 fully saturated rings. The van der Waals surface area contributed by atoms with Crippen molar-refractivity contribution in [2.24, 2.45) is 5.92 Å². The molecule has 1 aromatic carbocycles. The number of allylic oxidation sites excluding steroid dienone is 2. The van der Waals surface area contributed by atoms with Crippen LogP contribution in [0, 0.1) is 5.92 Å². The number of aromatic nitrogens is 1. The van der Waals surface area contributed by atoms with Gasteiger partial charge in [-0.3, -0.25) is 0 Å². The first-order valence-electron chi connectivity index (χ1n) is 7.06. The molecule has 0 bridgehead atoms. The summed E-state index contributed by atoms with van der Waals surface area (Å²) in [7, 11) is 0. The second-order valence-corrected chi connectivity index (χ2v) is 5.32. The smallest absolute Gasteiger partial charge is 0.0712 e. The summed E-state index contributed by atoms with van der Waals surface area (Å²) in [6.07, 6.45) is 11.1. The van der Waals surface area contributed by atoms with Crippen molar-refractivity contribution < 1.29 is 0 Å². The van der Waals surface area contributed by atoms with Crippen molar-refractivity contribution in [1.82, 2.24) is 4.98 Å². The normalized spacial score (nSPS) is 17.5. The van der Waals surface area contributed by atoms with Gasteiger partial charge in [0, 0.05) is 10.9 Å². The van der Waals surface area contributed by atoms with Gasteiger partial charge in [-0.2, -0.15) is 0 Å². The van der Waals surface area contributed by atoms with Crippen LogP contribution in [0.4, 0.5) is 0 Å². The van der Waals surface area contributed by atoms with Crippen molar-refractivity contribution in [2.45, 2.75) is 26.7 Å². The molecule has 1 heteroatoms. The second-order valence-electron chi connectivity index (χ2n) is 5.32. The summed E-state index contributed by atoms with van der Waals surface area (Å²) in [6, 6.07) is 8.88. The molecule has 1 aliphatic rings. The van der Waals surface area contributed by atoms with Crippen molar-refractivity contribution in [1.29, 1.82) is 0 Å². The van der Waals surface area contributed by atoms with Gasteiger partial charge in [0.1, 0.15) is 0 Å². The highest BCUT2D eigenvalue weighted by Gasteiger charge is 2.06. The standard InChI is InChI=1S/C18H19N/c1-3-4-14-7-9-16-12-15-8-5-13(2)6-10-17(15)19-18(16)11-14/h5-13H,3-4H2,1-2H3. The van der Waals surface area contributed by atoms with Crippen molar-refractivity contribution in [3.8, 4) is 0 Å². The van der Waals surface area contributed by atoms with Gasteiger partial charge in [0.2, 0.25) is 0 Å². The third-order valence-electron chi connectivity index (χ3n) is 3.62. The highest BCUT2D eigenvalue weighted by atomic mass is 14.7. The zero-order valence-corrected chi connectivity index (χ0v) is 11.6. The number of aryl methyl sites for hydroxylation is 1. The van der Waals surface area contributed by atoms with E-state index in [1.165, 1.54) is 22.9 Å². The van der Waals surface area contributed by atoms with Crippen LogP contribution in [0.2, 0.25) is 0 Å². The molecule has 3 rings (SSSR count). The molecule has 0 N–H and O–H groups in total. The van der Waals surface area contributed by atoms with Gasteiger partial charge >= 0.3 is 0 Å². The van der Waals surface area contributed by atoms with E-state index in [0.717, 1.165) is 17.6 Å². The van der Waals surface area contributed by atoms with Crippen LogP contribution < -0.4 is 0 Å². The Morgan fingerprint density at radius 2 is 1.95 bits per heavy atom. The minimum atomic E-state index is 0.480. The molecular formula is C18H19N. The van der Waals surface area contributed by atoms with Crippen molar-refractivity contribution in [3.05, 3.63) is 53.2 Å². The number of hydrogen-bond acceptors (Lipinski definition) is 1. The molecule has 1 aliphatic carbocycles. The van der Waals surface area contributed by atoms with Gasteiger partial charge in [-0.1, -0.05) is 50.6 Å². The molecule has 0 amide bonds. The van der Waals surface area contributed by atoms with Gasteiger partial charge < -0.3 is 0 Å². The fourth-order valence-corrected chi connectivity index (χ4v) is 2.52. The average molecular weight is 249 g/mol. The molecule has 0 aliphatic heterocycles. The number of fused-ring (bicyclic) bond motifs is 2. The van der Waals surface area contributed by atoms with Gasteiger partial charge in [-0.25, -0.2) is 4.98 Å². The van der Waals surface area contributed by atoms with Crippen LogP contribution in [0.15, 0.2) is 36.4 Å². The molecule has 0 spiro atoms. The van der Waals surface area contributed by atoms with E-state index in [9.17, 15) is 0 Å². The van der Waals surface area contributed by atoms with Crippen LogP contribution >= 0.6 is 0 Å². The van der Waals surface area contributed by atoms with E-state index in [4.69, 9.17) is 4.98 Å². The molecule has 96 valence electrons. The summed E-state index contributed by atoms with van der Waals surface area (Å²) in [6.45, 7) is 4.40. The molecular weight excluding hydrogens is 230 g/mol. The van der Waals surface area contributed by atoms with Crippen molar-refractivity contribution >= 4 is 23.1 Å². The van der Waals surface area contributed by atoms with E-state index in [-0.39, 0.29) is 0 Å². The van der Waals surface area contributed by atoms with Gasteiger partial charge in [0.05, 0.1) is 11.2 Å². The Morgan fingerprint density at radius 3 is 2.79 bits per heavy atom. The summed E-state index contributed by atoms with van der Waals surface area (Å²) in [5.74, 6) is 0.480. The number of pyridine rings is 1. The Morgan fingerprint density at radius 1 is 1.11 bits per heavy atom. The van der Waals surface area contributed by atoms with Crippen LogP contribution in [0.25, 0.3) is 23.1 Å². The highest BCUT2D eigenvalue weighted by molar-refractivity contribution is 5.84. The highest BCUT2D eigenvalue weighted by Crippen LogP contribution is 2.24. The van der Waals surface area contributed by atoms with Crippen LogP contribution in [0.3, 0.4) is 0 Å². The average Bonchev–Trinajstić information content (AvgIpc) is 2.59. The molecule has 1 unspecified atom stereocenters. The van der Waals surface area contributed by atoms with Crippen LogP contribution in [0.1, 0.15) is 37.1 Å². The maximum atomic E-state index is 4.82. The Kier molecular flexibility index (Phi) is 3.20. The number of hydrogen-bond donors (Lipinski definition) is 0. The summed E-state index contributed by atoms with van der Waals surface area (Å²) in [4.78, 5) is 4.82. The fraction of sp³-hybridized carbons (Fsp3) is 0.278. The SMILES string of the molecule is CCCc1ccc2cc3c(nc2c1)C=CC(C)C=C3. The Hall–Kier alpha value is -1.89. The summed E-state index contributed by atoms with van der Waals surface area (Å²) in [5.41, 5.74) is 4.79. The predicted molar refractivity (Wildman–Crippen MR) is 83.0 cm³/mol. The molecule has 0 radical (unpaired) electrons. The van der Waals surface area contributed by atoms with Crippen LogP contribution in [0.5, 0.6) is 0 Å². The first kappa shape index (κ1) is 12.2. The van der Waals surface area contributed by atoms with Crippen LogP contribution in [-0.2, 0) is 6.42 Å². The van der Waals surface area contributed by atoms with Crippen LogP contribution in [-0.4, -0.2) is 4.98 Å². The molecule has 1 atom stereocenters. The molecule has 2 aromatic rings. The largest absolute Gasteiger partial charge is 0.248 e. The lowest BCUT2D eigenvalue weighted by atomic mass is 10.0. The topological polar surface area (TPSA) is 12.9 Å². The van der Waals surface area contributed by atoms with Gasteiger partial charge in [0.25, 0.3) is 0 Å². The number of rotatable bonds is 2. The molecule has 0 saturated carbocycles. The second kappa shape index (κ2) is 5.00. The summed E-state index contributed by atoms with van der Waals surface area (Å²) in [5, 5.41) is 1.23. The van der Waals surface area contributed by atoms with E-state index in [0.29, 0.717) is 5.92 Å². The Bertz CT molecular complexity index is 665. The molecule has 1 nitrogen and oxygen atoms in total. The fourth-order valence-electron chi connectivity index (χ4n) is 2.52. The predicted octanol–water partition coefficient (Wildman–Crippen LogP) is 4.86. The zero-order chi connectivity index (χ0) is 13.2. The van der Waals surface area contributed by atoms with E-state index in [1.54, 1.807) is 0 Å². The van der Waals surface area contributed by atoms with Crippen molar-refractivity contribution in [2.75, 3.05) is 0 Å². The first-order chi connectivity index (χ1) is 9.26. The monoisotopic (exact) mass is 249 g/mol. The number of nitrogens with zero attached hydrogens (tertiary/aromatic N) is 1. The third-order valence-corrected chi connectivity index (χ3v) is 3.62. The lowest BCUT2D eigenvalue weighted by Crippen LogP contribution is -1.90. The Balaban J connectivity index is 2.14. The Labute approximate surface area is 114 Å². The van der Waals surface area contributed by atoms with E-state index < -0.39 is 0 Å². The maximum Gasteiger partial charge on any atom is 0.0712 e. The number of benzene rings is 1. The molecule has 19 heavy (non-hydrogen) atoms. The maximum absolute atomic E-state index is 4.82. The third kappa shape index (κ3) is 2.46. The zero-order valence-electron chi connectivity index (χ0n) is 11.6. The summed E-state index contributed by atoms with van der Waals surface area (Å²) >= 11 is 0. The van der Waals surface area contributed by atoms with E-state index in [1.807, 2.05) is 0 Å². The minimum absolute atomic E-state index is 0.480. The quantitative estimate of drug-likeness (QED) is 0.740. The van der Waals surface area contributed by atoms with E-state index in [2.05, 4.69) is 62.4 Å². The summed E-state index contributed by atoms with van der Waals surface area (Å²) < 4.78 is 0. The molecule has 0 saturated heterocycles. The lowest BCUT2D eigenvalue weighted by Gasteiger charge is -2.06. The first-order valence-corrected chi connectivity index (χ1v) is 7.06. The lowest BCUT2D eigenvalue weighted by molar-refractivity contribution is 0.923. The van der Waals surface area contributed by atoms with Gasteiger partial charge in [-0.05, 0) is 36.1 Å². The van der Waals surface area contributed by atoms with Gasteiger partial charge in [-0.15, -0.1) is 0 Å². The molecule has 1 heterocycles. The molecule has 1 aromatic heterocycles. The minimum Gasteiger partial charge on any atom is -0.248 e. The van der Waals surface area contributed by atoms with Gasteiger partial charge in [0.15, 0.2) is 0 Å².